The molecular formula is C34H52O6. The van der Waals surface area contributed by atoms with Crippen LogP contribution in [-0.4, -0.2) is 35.7 Å². The summed E-state index contributed by atoms with van der Waals surface area (Å²) >= 11 is 0. The molecule has 40 heavy (non-hydrogen) atoms. The van der Waals surface area contributed by atoms with Gasteiger partial charge < -0.3 is 14.6 Å². The highest BCUT2D eigenvalue weighted by Gasteiger charge is 2.72. The normalized spacial score (nSPS) is 47.1. The van der Waals surface area contributed by atoms with Crippen LogP contribution in [0.25, 0.3) is 0 Å². The van der Waals surface area contributed by atoms with E-state index in [0.29, 0.717) is 24.2 Å². The minimum Gasteiger partial charge on any atom is -0.481 e. The Bertz CT molecular complexity index is 1090. The SMILES string of the molecule is C=C(COC(C)=O)[C@@H]1CC[C@]2(C(=O)O)CC[C@]3(C)[C@H](CC[C@@H]4[C@@]5(C)CC[C@H](OC(C)=O)C(C)(C)[C@@H]5CC[C@]43C)[C@@H]12. The zero-order chi connectivity index (χ0) is 29.5. The molecule has 0 aromatic rings. The van der Waals surface area contributed by atoms with E-state index in [9.17, 15) is 19.5 Å². The molecule has 10 atom stereocenters. The van der Waals surface area contributed by atoms with Crippen LogP contribution in [0.2, 0.25) is 0 Å². The molecule has 0 aliphatic heterocycles. The van der Waals surface area contributed by atoms with E-state index in [2.05, 4.69) is 41.2 Å². The van der Waals surface area contributed by atoms with Crippen molar-refractivity contribution < 1.29 is 29.0 Å². The second-order valence-corrected chi connectivity index (χ2v) is 15.7. The number of carboxylic acid groups (broad SMARTS) is 1. The number of ether oxygens (including phenoxy) is 2. The molecule has 1 N–H and O–H groups in total. The molecular weight excluding hydrogens is 504 g/mol. The van der Waals surface area contributed by atoms with Crippen molar-refractivity contribution >= 4 is 17.9 Å². The number of hydrogen-bond acceptors (Lipinski definition) is 5. The maximum Gasteiger partial charge on any atom is 0.309 e. The highest BCUT2D eigenvalue weighted by Crippen LogP contribution is 2.77. The molecule has 0 bridgehead atoms. The smallest absolute Gasteiger partial charge is 0.309 e. The van der Waals surface area contributed by atoms with Gasteiger partial charge in [0.25, 0.3) is 0 Å². The molecule has 0 radical (unpaired) electrons. The number of fused-ring (bicyclic) bond motifs is 7. The van der Waals surface area contributed by atoms with Crippen LogP contribution >= 0.6 is 0 Å². The predicted octanol–water partition coefficient (Wildman–Crippen LogP) is 7.20. The number of aliphatic carboxylic acids is 1. The fourth-order valence-corrected chi connectivity index (χ4v) is 12.1. The van der Waals surface area contributed by atoms with Gasteiger partial charge >= 0.3 is 17.9 Å². The predicted molar refractivity (Wildman–Crippen MR) is 153 cm³/mol. The van der Waals surface area contributed by atoms with E-state index >= 15 is 0 Å². The number of hydrogen-bond donors (Lipinski definition) is 1. The summed E-state index contributed by atoms with van der Waals surface area (Å²) in [4.78, 5) is 36.5. The third kappa shape index (κ3) is 3.96. The molecule has 6 heteroatoms. The van der Waals surface area contributed by atoms with Gasteiger partial charge in [-0.05, 0) is 116 Å². The third-order valence-corrected chi connectivity index (χ3v) is 14.1. The summed E-state index contributed by atoms with van der Waals surface area (Å²) in [6.45, 7) is 19.7. The van der Waals surface area contributed by atoms with Gasteiger partial charge in [0, 0.05) is 19.3 Å². The van der Waals surface area contributed by atoms with Crippen molar-refractivity contribution in [3.8, 4) is 0 Å². The van der Waals surface area contributed by atoms with Gasteiger partial charge in [-0.2, -0.15) is 0 Å². The molecule has 5 rings (SSSR count). The molecule has 224 valence electrons. The number of rotatable bonds is 5. The third-order valence-electron chi connectivity index (χ3n) is 14.1. The zero-order valence-electron chi connectivity index (χ0n) is 25.9. The van der Waals surface area contributed by atoms with Crippen molar-refractivity contribution in [1.29, 1.82) is 0 Å². The average Bonchev–Trinajstić information content (AvgIpc) is 3.26. The van der Waals surface area contributed by atoms with Crippen molar-refractivity contribution in [3.05, 3.63) is 12.2 Å². The van der Waals surface area contributed by atoms with Crippen LogP contribution in [-0.2, 0) is 23.9 Å². The van der Waals surface area contributed by atoms with Crippen molar-refractivity contribution in [2.75, 3.05) is 6.61 Å². The van der Waals surface area contributed by atoms with Crippen molar-refractivity contribution in [2.45, 2.75) is 119 Å². The van der Waals surface area contributed by atoms with Crippen molar-refractivity contribution in [1.82, 2.24) is 0 Å². The van der Waals surface area contributed by atoms with Crippen LogP contribution in [0.4, 0.5) is 0 Å². The number of carboxylic acids is 1. The molecule has 0 aromatic carbocycles. The summed E-state index contributed by atoms with van der Waals surface area (Å²) in [5.74, 6) is 0.320. The summed E-state index contributed by atoms with van der Waals surface area (Å²) in [6.07, 6.45) is 9.55. The lowest BCUT2D eigenvalue weighted by Crippen LogP contribution is -2.67. The van der Waals surface area contributed by atoms with E-state index in [0.717, 1.165) is 63.4 Å². The topological polar surface area (TPSA) is 89.9 Å². The molecule has 5 aliphatic carbocycles. The summed E-state index contributed by atoms with van der Waals surface area (Å²) < 4.78 is 11.2. The molecule has 0 heterocycles. The Balaban J connectivity index is 1.49. The lowest BCUT2D eigenvalue weighted by atomic mass is 9.32. The molecule has 5 fully saturated rings. The lowest BCUT2D eigenvalue weighted by Gasteiger charge is -2.72. The molecule has 0 unspecified atom stereocenters. The van der Waals surface area contributed by atoms with Crippen LogP contribution < -0.4 is 0 Å². The summed E-state index contributed by atoms with van der Waals surface area (Å²) in [5, 5.41) is 10.7. The van der Waals surface area contributed by atoms with Crippen LogP contribution in [0.15, 0.2) is 12.2 Å². The Hall–Kier alpha value is -1.85. The zero-order valence-corrected chi connectivity index (χ0v) is 25.9. The fourth-order valence-electron chi connectivity index (χ4n) is 12.1. The van der Waals surface area contributed by atoms with Gasteiger partial charge in [0.15, 0.2) is 0 Å². The maximum absolute atomic E-state index is 13.0. The Morgan fingerprint density at radius 1 is 0.800 bits per heavy atom. The Morgan fingerprint density at radius 3 is 2.12 bits per heavy atom. The lowest BCUT2D eigenvalue weighted by molar-refractivity contribution is -0.250. The second-order valence-electron chi connectivity index (χ2n) is 15.7. The summed E-state index contributed by atoms with van der Waals surface area (Å²) in [6, 6.07) is 0. The van der Waals surface area contributed by atoms with E-state index in [1.165, 1.54) is 13.8 Å². The first kappa shape index (κ1) is 29.6. The average molecular weight is 557 g/mol. The molecule has 5 aliphatic rings. The van der Waals surface area contributed by atoms with E-state index in [1.807, 2.05) is 0 Å². The molecule has 6 nitrogen and oxygen atoms in total. The monoisotopic (exact) mass is 556 g/mol. The van der Waals surface area contributed by atoms with E-state index in [4.69, 9.17) is 9.47 Å². The first-order valence-electron chi connectivity index (χ1n) is 15.8. The number of esters is 2. The van der Waals surface area contributed by atoms with E-state index < -0.39 is 11.4 Å². The summed E-state index contributed by atoms with van der Waals surface area (Å²) in [7, 11) is 0. The van der Waals surface area contributed by atoms with Crippen molar-refractivity contribution in [3.63, 3.8) is 0 Å². The first-order chi connectivity index (χ1) is 18.5. The van der Waals surface area contributed by atoms with Crippen molar-refractivity contribution in [2.24, 2.45) is 56.7 Å². The first-order valence-corrected chi connectivity index (χ1v) is 15.8. The van der Waals surface area contributed by atoms with Gasteiger partial charge in [-0.3, -0.25) is 14.4 Å². The van der Waals surface area contributed by atoms with Crippen LogP contribution in [0.1, 0.15) is 113 Å². The van der Waals surface area contributed by atoms with Gasteiger partial charge in [-0.1, -0.05) is 41.2 Å². The molecule has 0 spiro atoms. The van der Waals surface area contributed by atoms with Gasteiger partial charge in [-0.15, -0.1) is 0 Å². The number of carbonyl (C=O) groups is 3. The van der Waals surface area contributed by atoms with E-state index in [-0.39, 0.29) is 58.1 Å². The van der Waals surface area contributed by atoms with Crippen LogP contribution in [0.5, 0.6) is 0 Å². The molecule has 0 amide bonds. The van der Waals surface area contributed by atoms with Crippen LogP contribution in [0.3, 0.4) is 0 Å². The minimum atomic E-state index is -0.706. The Kier molecular flexibility index (Phi) is 7.11. The fraction of sp³-hybridized carbons (Fsp3) is 0.853. The van der Waals surface area contributed by atoms with Gasteiger partial charge in [0.2, 0.25) is 0 Å². The molecule has 5 saturated carbocycles. The minimum absolute atomic E-state index is 0.0336. The Labute approximate surface area is 241 Å². The Morgan fingerprint density at radius 2 is 1.50 bits per heavy atom. The highest BCUT2D eigenvalue weighted by molar-refractivity contribution is 5.76. The quantitative estimate of drug-likeness (QED) is 0.284. The summed E-state index contributed by atoms with van der Waals surface area (Å²) in [5.41, 5.74) is 0.420. The van der Waals surface area contributed by atoms with E-state index in [1.54, 1.807) is 0 Å². The van der Waals surface area contributed by atoms with Gasteiger partial charge in [-0.25, -0.2) is 0 Å². The molecule has 0 aromatic heterocycles. The molecule has 0 saturated heterocycles. The van der Waals surface area contributed by atoms with Crippen LogP contribution in [0, 0.1) is 56.7 Å². The maximum atomic E-state index is 13.0. The van der Waals surface area contributed by atoms with Gasteiger partial charge in [0.05, 0.1) is 5.41 Å². The standard InChI is InChI=1S/C34H52O6/c1-20(19-39-21(2)35)23-11-16-34(29(37)38)18-17-32(7)24(28(23)34)9-10-26-31(6)14-13-27(40-22(3)36)30(4,5)25(31)12-15-33(26,32)8/h23-28H,1,9-19H2,2-8H3,(H,37,38)/t23-,24+,25-,26+,27-,28+,31-,32+,33+,34-/m0/s1. The largest absolute Gasteiger partial charge is 0.481 e. The second kappa shape index (κ2) is 9.59. The van der Waals surface area contributed by atoms with Gasteiger partial charge in [0.1, 0.15) is 12.7 Å². The number of carbonyl (C=O) groups excluding carboxylic acids is 2. The highest BCUT2D eigenvalue weighted by atomic mass is 16.5.